The molecule has 39 nitrogen and oxygen atoms in total. The van der Waals surface area contributed by atoms with E-state index in [0.29, 0.717) is 40.7 Å². The Labute approximate surface area is 776 Å². The third kappa shape index (κ3) is 34.7. The number of unbranched alkanes of at least 4 members (excludes halogenated alkanes) is 3. The maximum absolute atomic E-state index is 16.4. The molecule has 13 atom stereocenters. The zero-order valence-electron chi connectivity index (χ0n) is 77.4. The van der Waals surface area contributed by atoms with E-state index in [-0.39, 0.29) is 128 Å². The summed E-state index contributed by atoms with van der Waals surface area (Å²) in [5.74, 6) is -15.4. The summed E-state index contributed by atoms with van der Waals surface area (Å²) in [6.07, 6.45) is -0.440. The van der Waals surface area contributed by atoms with Crippen molar-refractivity contribution in [3.05, 3.63) is 113 Å². The largest absolute Gasteiger partial charge is 0.492 e. The van der Waals surface area contributed by atoms with E-state index in [2.05, 4.69) is 85.2 Å². The first-order chi connectivity index (χ1) is 62.3. The zero-order chi connectivity index (χ0) is 97.9. The van der Waals surface area contributed by atoms with Crippen LogP contribution in [0.15, 0.2) is 91.1 Å². The lowest BCUT2D eigenvalue weighted by Gasteiger charge is -2.39. The molecule has 1 saturated heterocycles. The van der Waals surface area contributed by atoms with E-state index in [9.17, 15) is 57.8 Å². The molecule has 0 spiro atoms. The molecule has 1 fully saturated rings. The highest BCUT2D eigenvalue weighted by Crippen LogP contribution is 2.47. The smallest absolute Gasteiger partial charge is 0.331 e. The number of carbonyl (C=O) groups is 17. The van der Waals surface area contributed by atoms with E-state index in [1.165, 1.54) is 48.5 Å². The highest BCUT2D eigenvalue weighted by Gasteiger charge is 2.47. The Morgan fingerprint density at radius 3 is 1.77 bits per heavy atom. The SMILES string of the molecule is CCCc1cccc2c(CC3NC(=O)C(C(C)O)NC(=O)C(CC(N)=O)NC(=O)C(NC(C)=O)C(C)(C)SSC(C)(C)C(C(=O)NC(Cc4ccc(OCCN)cc4)C(=O)NC(Cc4ccc5ccccc5c4)C(=O)NC(C)(CCCCN)C(=O)NC(CCCCNC(C)=O)C(=O)NC(CC(N)=O)C(=O)NC(CC(C)C)C([NH3+])=O)NC(=O)C(CCCCNC(C)=O)NC3=O)c[nH]c12. The Balaban J connectivity index is 1.55. The van der Waals surface area contributed by atoms with Gasteiger partial charge in [0.05, 0.1) is 18.9 Å². The number of hydrogen-bond donors (Lipinski definition) is 21. The number of rotatable bonds is 46. The molecule has 27 N–H and O–H groups in total. The average Bonchev–Trinajstić information content (AvgIpc) is 0.903. The van der Waals surface area contributed by atoms with E-state index >= 15 is 28.8 Å². The molecule has 724 valence electrons. The van der Waals surface area contributed by atoms with Crippen LogP contribution >= 0.6 is 21.6 Å². The Kier molecular flexibility index (Phi) is 43.3. The molecule has 41 heteroatoms. The van der Waals surface area contributed by atoms with Gasteiger partial charge < -0.3 is 112 Å². The van der Waals surface area contributed by atoms with Crippen molar-refractivity contribution < 1.29 is 97.1 Å². The second-order valence-corrected chi connectivity index (χ2v) is 38.5. The second kappa shape index (κ2) is 52.5. The summed E-state index contributed by atoms with van der Waals surface area (Å²) in [6.45, 7) is 18.7. The van der Waals surface area contributed by atoms with Crippen molar-refractivity contribution in [3.63, 3.8) is 0 Å². The van der Waals surface area contributed by atoms with Crippen molar-refractivity contribution in [2.24, 2.45) is 28.9 Å². The van der Waals surface area contributed by atoms with Gasteiger partial charge in [0, 0.05) is 86.3 Å². The Hall–Kier alpha value is -11.8. The fourth-order valence-corrected chi connectivity index (χ4v) is 17.8. The fraction of sp³-hybridized carbons (Fsp3) is 0.549. The van der Waals surface area contributed by atoms with Crippen molar-refractivity contribution >= 4 is 144 Å². The van der Waals surface area contributed by atoms with E-state index in [4.69, 9.17) is 27.7 Å². The van der Waals surface area contributed by atoms with E-state index < -0.39 is 189 Å². The number of quaternary nitrogens is 1. The first-order valence-corrected chi connectivity index (χ1v) is 46.7. The van der Waals surface area contributed by atoms with E-state index in [1.54, 1.807) is 74.6 Å². The van der Waals surface area contributed by atoms with Crippen LogP contribution in [0.25, 0.3) is 21.7 Å². The number of ether oxygens (including phenoxy) is 1. The average molecular weight is 1880 g/mol. The summed E-state index contributed by atoms with van der Waals surface area (Å²) in [7, 11) is 1.82. The van der Waals surface area contributed by atoms with Gasteiger partial charge in [-0.3, -0.25) is 82.4 Å². The predicted molar refractivity (Wildman–Crippen MR) is 500 cm³/mol. The molecule has 1 aromatic heterocycles. The van der Waals surface area contributed by atoms with Crippen molar-refractivity contribution in [2.75, 3.05) is 32.8 Å². The van der Waals surface area contributed by atoms with Crippen molar-refractivity contribution in [2.45, 2.75) is 280 Å². The maximum Gasteiger partial charge on any atom is 0.331 e. The summed E-state index contributed by atoms with van der Waals surface area (Å²) < 4.78 is 2.59. The first-order valence-electron chi connectivity index (χ1n) is 44.6. The number of aromatic nitrogens is 1. The third-order valence-electron chi connectivity index (χ3n) is 22.2. The molecule has 2 heterocycles. The molecular weight excluding hydrogens is 1740 g/mol. The quantitative estimate of drug-likeness (QED) is 0.0173. The summed E-state index contributed by atoms with van der Waals surface area (Å²) in [4.78, 5) is 248. The van der Waals surface area contributed by atoms with Gasteiger partial charge in [0.1, 0.15) is 84.4 Å². The van der Waals surface area contributed by atoms with Crippen LogP contribution in [0.4, 0.5) is 0 Å². The number of primary amides is 2. The van der Waals surface area contributed by atoms with Gasteiger partial charge in [0.25, 0.3) is 0 Å². The Morgan fingerprint density at radius 1 is 0.576 bits per heavy atom. The number of aliphatic hydroxyl groups is 1. The maximum atomic E-state index is 16.4. The van der Waals surface area contributed by atoms with Gasteiger partial charge in [-0.2, -0.15) is 0 Å². The lowest BCUT2D eigenvalue weighted by Crippen LogP contribution is -2.67. The molecule has 6 rings (SSSR count). The van der Waals surface area contributed by atoms with Crippen LogP contribution < -0.4 is 108 Å². The number of para-hydroxylation sites is 1. The number of aliphatic hydroxyl groups excluding tert-OH is 1. The summed E-state index contributed by atoms with van der Waals surface area (Å²) in [5, 5.41) is 51.3. The molecular formula is C91H135N20O19S2+. The minimum Gasteiger partial charge on any atom is -0.492 e. The normalized spacial score (nSPS) is 19.2. The summed E-state index contributed by atoms with van der Waals surface area (Å²) >= 11 is 0. The number of H-pyrrole nitrogens is 1. The molecule has 13 unspecified atom stereocenters. The van der Waals surface area contributed by atoms with Crippen LogP contribution in [0.3, 0.4) is 0 Å². The predicted octanol–water partition coefficient (Wildman–Crippen LogP) is -0.493. The zero-order valence-corrected chi connectivity index (χ0v) is 79.0. The van der Waals surface area contributed by atoms with Crippen LogP contribution in [0.1, 0.15) is 189 Å². The topological polar surface area (TPSA) is 636 Å². The standard InChI is InChI=1S/C91H134N20O19S2/c1-13-23-58-26-22-27-62-60(49-99-74(58)62)46-68-81(122)101-63(28-16-20-39-97-52(5)113)79(120)110-76(90(10,11)132-131-89(8,9)75(100-54(7)115)86(127)107-70(48-72(95)117)83(124)109-73(51(4)112)85(126)105-68)87(128)106-66(44-55-31-34-61(35-32-55)130-41-38-93)80(121)103-67(45-56-30-33-57-24-14-15-25-59(57)43-56)84(125)111-91(12,36-18-19-37-92)88(129)108-64(29-17-21-40-98-53(6)114)78(119)104-69(47-71(94)116)82(123)102-65(77(96)118)42-50(2)3/h14-15,22,24-27,30-35,43,49-51,63-70,73,75-76,99,112H,13,16-21,23,28-29,36-42,44-48,92-93H2,1-12H3,(H2,94,116)(H2,95,117)(H2,96,118)(H,97,113)(H,98,114)(H,100,115)(H,101,122)(H,102,123)(H,103,121)(H,104,119)(H,105,126)(H,106,128)(H,107,127)(H,108,129)(H,109,124)(H,110,120)(H,111,125)/p+1. The van der Waals surface area contributed by atoms with Gasteiger partial charge in [0.15, 0.2) is 0 Å². The van der Waals surface area contributed by atoms with Crippen LogP contribution in [0, 0.1) is 5.92 Å². The number of fused-ring (bicyclic) bond motifs is 2. The molecule has 0 bridgehead atoms. The highest BCUT2D eigenvalue weighted by molar-refractivity contribution is 8.77. The Morgan fingerprint density at radius 2 is 1.16 bits per heavy atom. The molecule has 5 aromatic rings. The van der Waals surface area contributed by atoms with Gasteiger partial charge in [-0.05, 0) is 170 Å². The summed E-state index contributed by atoms with van der Waals surface area (Å²) in [6, 6.07) is 6.18. The van der Waals surface area contributed by atoms with Crippen LogP contribution in [0.5, 0.6) is 5.75 Å². The van der Waals surface area contributed by atoms with Crippen molar-refractivity contribution in [1.29, 1.82) is 0 Å². The van der Waals surface area contributed by atoms with Crippen molar-refractivity contribution in [1.82, 2.24) is 79.4 Å². The molecule has 17 amide bonds. The monoisotopic (exact) mass is 1880 g/mol. The fourth-order valence-electron chi connectivity index (χ4n) is 15.0. The third-order valence-corrected chi connectivity index (χ3v) is 26.4. The molecule has 0 radical (unpaired) electrons. The molecule has 4 aromatic carbocycles. The molecule has 0 saturated carbocycles. The number of nitrogens with one attached hydrogen (secondary N) is 15. The number of aryl methyl sites for hydroxylation is 1. The second-order valence-electron chi connectivity index (χ2n) is 35.1. The van der Waals surface area contributed by atoms with Gasteiger partial charge >= 0.3 is 5.91 Å². The van der Waals surface area contributed by atoms with Gasteiger partial charge in [-0.15, -0.1) is 0 Å². The number of aromatic amines is 1. The van der Waals surface area contributed by atoms with Gasteiger partial charge in [0.2, 0.25) is 94.5 Å². The van der Waals surface area contributed by atoms with Crippen LogP contribution in [-0.4, -0.2) is 231 Å². The molecule has 132 heavy (non-hydrogen) atoms. The number of benzene rings is 4. The van der Waals surface area contributed by atoms with Gasteiger partial charge in [-0.25, -0.2) is 4.79 Å². The van der Waals surface area contributed by atoms with Crippen LogP contribution in [0.2, 0.25) is 0 Å². The molecule has 0 aliphatic carbocycles. The lowest BCUT2D eigenvalue weighted by molar-refractivity contribution is -0.308. The van der Waals surface area contributed by atoms with Crippen LogP contribution in [-0.2, 0) is 107 Å². The number of nitrogens with two attached hydrogens (primary N) is 4. The minimum atomic E-state index is -2.02. The number of carbonyl (C=O) groups excluding carboxylic acids is 17. The van der Waals surface area contributed by atoms with Gasteiger partial charge in [-0.1, -0.05) is 122 Å². The Bertz CT molecular complexity index is 4880. The van der Waals surface area contributed by atoms with E-state index in [1.807, 2.05) is 37.3 Å². The lowest BCUT2D eigenvalue weighted by atomic mass is 9.91. The highest BCUT2D eigenvalue weighted by atomic mass is 33.1. The number of amides is 17. The molecule has 1 aliphatic heterocycles. The first kappa shape index (κ1) is 109. The summed E-state index contributed by atoms with van der Waals surface area (Å²) in [5.41, 5.74) is 27.7. The van der Waals surface area contributed by atoms with Crippen molar-refractivity contribution in [3.8, 4) is 5.75 Å². The number of hydrogen-bond acceptors (Lipinski definition) is 23. The van der Waals surface area contributed by atoms with E-state index in [0.717, 1.165) is 63.7 Å². The molecule has 1 aliphatic rings. The minimum absolute atomic E-state index is 0.111.